The van der Waals surface area contributed by atoms with Crippen molar-refractivity contribution in [1.29, 1.82) is 0 Å². The van der Waals surface area contributed by atoms with Crippen LogP contribution in [0.25, 0.3) is 6.08 Å². The molecule has 5 N–H and O–H groups in total. The summed E-state index contributed by atoms with van der Waals surface area (Å²) in [5.41, 5.74) is 0.461. The van der Waals surface area contributed by atoms with Gasteiger partial charge in [0.1, 0.15) is 11.8 Å². The molecule has 1 atom stereocenters. The molecule has 1 aliphatic rings. The van der Waals surface area contributed by atoms with E-state index in [1.807, 2.05) is 0 Å². The summed E-state index contributed by atoms with van der Waals surface area (Å²) in [7, 11) is 0. The van der Waals surface area contributed by atoms with Gasteiger partial charge in [0.15, 0.2) is 0 Å². The van der Waals surface area contributed by atoms with Crippen LogP contribution < -0.4 is 21.3 Å². The van der Waals surface area contributed by atoms with Gasteiger partial charge in [-0.3, -0.25) is 14.4 Å². The van der Waals surface area contributed by atoms with E-state index in [1.165, 1.54) is 30.5 Å². The average Bonchev–Trinajstić information content (AvgIpc) is 3.39. The first kappa shape index (κ1) is 28.2. The van der Waals surface area contributed by atoms with E-state index in [4.69, 9.17) is 27.6 Å². The lowest BCUT2D eigenvalue weighted by atomic mass is 9.97. The molecule has 3 rings (SSSR count). The minimum Gasteiger partial charge on any atom is -0.480 e. The number of aliphatic carboxylic acids is 1. The Hall–Kier alpha value is -3.34. The third-order valence-electron chi connectivity index (χ3n) is 5.78. The number of amides is 3. The summed E-state index contributed by atoms with van der Waals surface area (Å²) < 4.78 is 5.12. The molecule has 1 aromatic heterocycles. The van der Waals surface area contributed by atoms with Gasteiger partial charge in [-0.05, 0) is 68.3 Å². The number of hydrogen-bond donors (Lipinski definition) is 5. The van der Waals surface area contributed by atoms with Crippen LogP contribution in [-0.4, -0.2) is 54.5 Å². The van der Waals surface area contributed by atoms with Gasteiger partial charge in [-0.1, -0.05) is 23.2 Å². The third kappa shape index (κ3) is 8.63. The number of carbonyl (C=O) groups is 4. The van der Waals surface area contributed by atoms with E-state index in [0.717, 1.165) is 25.9 Å². The zero-order chi connectivity index (χ0) is 26.8. The van der Waals surface area contributed by atoms with E-state index in [9.17, 15) is 24.3 Å². The van der Waals surface area contributed by atoms with Crippen LogP contribution in [0.2, 0.25) is 10.0 Å². The summed E-state index contributed by atoms with van der Waals surface area (Å²) >= 11 is 12.5. The molecule has 1 aliphatic heterocycles. The highest BCUT2D eigenvalue weighted by Gasteiger charge is 2.25. The monoisotopic (exact) mass is 550 g/mol. The Balaban J connectivity index is 1.54. The van der Waals surface area contributed by atoms with Crippen molar-refractivity contribution in [2.24, 2.45) is 5.92 Å². The Morgan fingerprint density at radius 1 is 1.14 bits per heavy atom. The van der Waals surface area contributed by atoms with Gasteiger partial charge < -0.3 is 30.8 Å². The molecule has 1 fully saturated rings. The second-order valence-electron chi connectivity index (χ2n) is 8.47. The molecule has 198 valence electrons. The van der Waals surface area contributed by atoms with Crippen LogP contribution in [0.4, 0.5) is 0 Å². The molecule has 37 heavy (non-hydrogen) atoms. The maximum atomic E-state index is 12.8. The zero-order valence-electron chi connectivity index (χ0n) is 19.9. The van der Waals surface area contributed by atoms with Gasteiger partial charge in [-0.15, -0.1) is 0 Å². The first-order valence-corrected chi connectivity index (χ1v) is 12.5. The van der Waals surface area contributed by atoms with Crippen LogP contribution >= 0.6 is 23.2 Å². The van der Waals surface area contributed by atoms with Gasteiger partial charge in [0, 0.05) is 25.1 Å². The fraction of sp³-hybridized carbons (Fsp3) is 0.360. The molecule has 1 aromatic carbocycles. The summed E-state index contributed by atoms with van der Waals surface area (Å²) in [5, 5.41) is 20.5. The molecule has 1 saturated heterocycles. The highest BCUT2D eigenvalue weighted by Crippen LogP contribution is 2.27. The fourth-order valence-electron chi connectivity index (χ4n) is 3.79. The van der Waals surface area contributed by atoms with Crippen LogP contribution in [0.1, 0.15) is 40.9 Å². The second-order valence-corrected chi connectivity index (χ2v) is 9.28. The number of carbonyl (C=O) groups excluding carboxylic acids is 3. The lowest BCUT2D eigenvalue weighted by Gasteiger charge is -2.22. The summed E-state index contributed by atoms with van der Waals surface area (Å²) in [6.07, 6.45) is 5.76. The summed E-state index contributed by atoms with van der Waals surface area (Å²) in [6, 6.07) is 5.08. The van der Waals surface area contributed by atoms with E-state index in [2.05, 4.69) is 21.3 Å². The van der Waals surface area contributed by atoms with Crippen molar-refractivity contribution in [3.8, 4) is 0 Å². The van der Waals surface area contributed by atoms with Crippen molar-refractivity contribution in [3.05, 3.63) is 63.5 Å². The Bertz CT molecular complexity index is 1120. The van der Waals surface area contributed by atoms with E-state index < -0.39 is 17.9 Å². The van der Waals surface area contributed by atoms with Crippen LogP contribution in [0.15, 0.2) is 41.0 Å². The number of furan rings is 1. The van der Waals surface area contributed by atoms with Gasteiger partial charge in [-0.25, -0.2) is 4.79 Å². The smallest absolute Gasteiger partial charge is 0.326 e. The Labute approximate surface area is 223 Å². The highest BCUT2D eigenvalue weighted by atomic mass is 35.5. The predicted molar refractivity (Wildman–Crippen MR) is 138 cm³/mol. The largest absolute Gasteiger partial charge is 0.480 e. The number of halogens is 2. The SMILES string of the molecule is O=C(/C=C/c1ccco1)NCc1cc(Cl)c(C(=O)N[C@@H](CCNC(=O)C2CCNCC2)C(=O)O)c(Cl)c1. The van der Waals surface area contributed by atoms with Crippen molar-refractivity contribution >= 4 is 53.0 Å². The number of benzene rings is 1. The van der Waals surface area contributed by atoms with E-state index >= 15 is 0 Å². The first-order valence-electron chi connectivity index (χ1n) is 11.7. The minimum absolute atomic E-state index is 0.00345. The summed E-state index contributed by atoms with van der Waals surface area (Å²) in [6.45, 7) is 1.72. The predicted octanol–water partition coefficient (Wildman–Crippen LogP) is 2.60. The molecule has 2 heterocycles. The fourth-order valence-corrected chi connectivity index (χ4v) is 4.50. The summed E-state index contributed by atoms with van der Waals surface area (Å²) in [4.78, 5) is 48.8. The van der Waals surface area contributed by atoms with E-state index in [0.29, 0.717) is 11.3 Å². The van der Waals surface area contributed by atoms with Gasteiger partial charge in [0.05, 0.1) is 21.9 Å². The summed E-state index contributed by atoms with van der Waals surface area (Å²) in [5.74, 6) is -2.08. The van der Waals surface area contributed by atoms with Crippen molar-refractivity contribution in [2.45, 2.75) is 31.8 Å². The molecule has 0 aliphatic carbocycles. The maximum absolute atomic E-state index is 12.8. The molecular weight excluding hydrogens is 523 g/mol. The first-order chi connectivity index (χ1) is 17.7. The molecule has 10 nitrogen and oxygen atoms in total. The quantitative estimate of drug-likeness (QED) is 0.270. The minimum atomic E-state index is -1.26. The molecule has 0 spiro atoms. The highest BCUT2D eigenvalue weighted by molar-refractivity contribution is 6.39. The van der Waals surface area contributed by atoms with Gasteiger partial charge in [0.2, 0.25) is 11.8 Å². The Morgan fingerprint density at radius 3 is 2.46 bits per heavy atom. The molecule has 0 unspecified atom stereocenters. The zero-order valence-corrected chi connectivity index (χ0v) is 21.4. The lowest BCUT2D eigenvalue weighted by Crippen LogP contribution is -2.44. The second kappa shape index (κ2) is 13.8. The van der Waals surface area contributed by atoms with Gasteiger partial charge in [-0.2, -0.15) is 0 Å². The van der Waals surface area contributed by atoms with Gasteiger partial charge >= 0.3 is 5.97 Å². The molecule has 3 amide bonds. The molecular formula is C25H28Cl2N4O6. The average molecular weight is 551 g/mol. The number of carboxylic acids is 1. The molecule has 0 bridgehead atoms. The molecule has 0 radical (unpaired) electrons. The van der Waals surface area contributed by atoms with Crippen LogP contribution in [0.3, 0.4) is 0 Å². The number of piperidine rings is 1. The number of rotatable bonds is 11. The standard InChI is InChI=1S/C25H28Cl2N4O6/c26-18-12-15(14-30-21(32)4-3-17-2-1-11-37-17)13-19(27)22(18)24(34)31-20(25(35)36)7-10-29-23(33)16-5-8-28-9-6-16/h1-4,11-13,16,20,28H,5-10,14H2,(H,29,33)(H,30,32)(H,31,34)(H,35,36)/b4-3+/t20-/m0/s1. The molecule has 12 heteroatoms. The molecule has 0 saturated carbocycles. The van der Waals surface area contributed by atoms with E-state index in [1.54, 1.807) is 12.1 Å². The van der Waals surface area contributed by atoms with Crippen LogP contribution in [0, 0.1) is 5.92 Å². The maximum Gasteiger partial charge on any atom is 0.326 e. The van der Waals surface area contributed by atoms with E-state index in [-0.39, 0.29) is 52.9 Å². The van der Waals surface area contributed by atoms with Crippen molar-refractivity contribution in [1.82, 2.24) is 21.3 Å². The van der Waals surface area contributed by atoms with Crippen LogP contribution in [-0.2, 0) is 20.9 Å². The number of hydrogen-bond acceptors (Lipinski definition) is 6. The third-order valence-corrected chi connectivity index (χ3v) is 6.38. The number of nitrogens with one attached hydrogen (secondary N) is 4. The van der Waals surface area contributed by atoms with Gasteiger partial charge in [0.25, 0.3) is 5.91 Å². The molecule has 2 aromatic rings. The van der Waals surface area contributed by atoms with Crippen molar-refractivity contribution < 1.29 is 28.7 Å². The van der Waals surface area contributed by atoms with Crippen molar-refractivity contribution in [3.63, 3.8) is 0 Å². The van der Waals surface area contributed by atoms with Crippen LogP contribution in [0.5, 0.6) is 0 Å². The Morgan fingerprint density at radius 2 is 1.84 bits per heavy atom. The lowest BCUT2D eigenvalue weighted by molar-refractivity contribution is -0.139. The van der Waals surface area contributed by atoms with Crippen molar-refractivity contribution in [2.75, 3.05) is 19.6 Å². The Kier molecular flexibility index (Phi) is 10.6. The number of carboxylic acid groups (broad SMARTS) is 1. The topological polar surface area (TPSA) is 150 Å². The normalized spacial score (nSPS) is 14.8.